The van der Waals surface area contributed by atoms with Gasteiger partial charge in [0.05, 0.1) is 22.4 Å². The molecule has 8 nitrogen and oxygen atoms in total. The number of sulfone groups is 1. The molecule has 3 aromatic carbocycles. The summed E-state index contributed by atoms with van der Waals surface area (Å²) in [4.78, 5) is 38.1. The summed E-state index contributed by atoms with van der Waals surface area (Å²) in [5.74, 6) is -1.83. The van der Waals surface area contributed by atoms with Gasteiger partial charge in [0.1, 0.15) is 9.84 Å². The van der Waals surface area contributed by atoms with Gasteiger partial charge in [-0.05, 0) is 118 Å². The average Bonchev–Trinajstić information content (AvgIpc) is 3.03. The van der Waals surface area contributed by atoms with E-state index in [0.29, 0.717) is 16.1 Å². The maximum atomic E-state index is 14.3. The highest BCUT2D eigenvalue weighted by Gasteiger charge is 2.53. The van der Waals surface area contributed by atoms with Crippen LogP contribution in [0.2, 0.25) is 0 Å². The third-order valence-corrected chi connectivity index (χ3v) is 10.5. The molecule has 1 fully saturated rings. The van der Waals surface area contributed by atoms with Gasteiger partial charge in [-0.3, -0.25) is 14.4 Å². The summed E-state index contributed by atoms with van der Waals surface area (Å²) >= 11 is 1.87. The third-order valence-electron chi connectivity index (χ3n) is 8.32. The van der Waals surface area contributed by atoms with E-state index in [1.165, 1.54) is 39.0 Å². The van der Waals surface area contributed by atoms with E-state index in [0.717, 1.165) is 62.5 Å². The molecule has 4 rings (SSSR count). The number of benzene rings is 3. The Balaban J connectivity index is 0.000000350. The van der Waals surface area contributed by atoms with Crippen LogP contribution in [-0.2, 0) is 21.7 Å². The summed E-state index contributed by atoms with van der Waals surface area (Å²) in [6, 6.07) is 12.1. The second-order valence-electron chi connectivity index (χ2n) is 13.5. The minimum Gasteiger partial charge on any atom is -0.346 e. The first-order valence-electron chi connectivity index (χ1n) is 16.1. The molecule has 53 heavy (non-hydrogen) atoms. The lowest BCUT2D eigenvalue weighted by molar-refractivity contribution is -0.228. The molecule has 2 amide bonds. The fraction of sp³-hybridized carbons (Fsp3) is 0.417. The number of alkyl halides is 7. The molecular weight excluding hydrogens is 846 g/mol. The smallest absolute Gasteiger partial charge is 0.346 e. The number of aryl methyl sites for hydroxylation is 1. The summed E-state index contributed by atoms with van der Waals surface area (Å²) in [7, 11) is -3.41. The molecular formula is C36H39F7IN3O5S. The van der Waals surface area contributed by atoms with Crippen molar-refractivity contribution < 1.29 is 53.5 Å². The van der Waals surface area contributed by atoms with Crippen molar-refractivity contribution >= 4 is 55.7 Å². The van der Waals surface area contributed by atoms with Gasteiger partial charge >= 0.3 is 12.4 Å². The van der Waals surface area contributed by atoms with E-state index < -0.39 is 56.3 Å². The number of ketones is 1. The molecule has 0 radical (unpaired) electrons. The predicted molar refractivity (Wildman–Crippen MR) is 195 cm³/mol. The number of piperidine rings is 1. The number of amides is 2. The second kappa shape index (κ2) is 16.8. The Hall–Kier alpha value is -3.58. The van der Waals surface area contributed by atoms with Gasteiger partial charge in [-0.2, -0.15) is 26.3 Å². The van der Waals surface area contributed by atoms with E-state index in [-0.39, 0.29) is 39.8 Å². The molecule has 1 atom stereocenters. The van der Waals surface area contributed by atoms with Crippen molar-refractivity contribution in [1.82, 2.24) is 10.6 Å². The standard InChI is InChI=1S/C23H25F4IN2O4S.C13H14F3NO/c1-13-11-14(22(4,24)23(25,26)27)9-10-17(13)29-19(31)15-7-6-8-16(28)18(15)20(32)30-21(2,3)12-35(5,33)34;14-13(15,16)11-3-1-9(2-4-11)12(18)10-5-7-17-8-6-10/h6-11H,12H2,1-5H3,(H,29,31)(H,30,32);1-4,10,17H,5-8H2. The minimum absolute atomic E-state index is 0.00912. The lowest BCUT2D eigenvalue weighted by Gasteiger charge is -2.26. The van der Waals surface area contributed by atoms with Gasteiger partial charge in [0.25, 0.3) is 11.8 Å². The molecule has 1 unspecified atom stereocenters. The van der Waals surface area contributed by atoms with Crippen molar-refractivity contribution in [1.29, 1.82) is 0 Å². The third kappa shape index (κ3) is 12.0. The number of carbonyl (C=O) groups is 3. The van der Waals surface area contributed by atoms with Crippen molar-refractivity contribution in [2.75, 3.05) is 30.4 Å². The first-order chi connectivity index (χ1) is 24.2. The first kappa shape index (κ1) is 43.8. The minimum atomic E-state index is -5.11. The van der Waals surface area contributed by atoms with Gasteiger partial charge in [0.15, 0.2) is 5.78 Å². The van der Waals surface area contributed by atoms with Gasteiger partial charge in [-0.15, -0.1) is 0 Å². The van der Waals surface area contributed by atoms with Crippen molar-refractivity contribution in [3.8, 4) is 0 Å². The summed E-state index contributed by atoms with van der Waals surface area (Å²) in [5, 5.41) is 8.32. The van der Waals surface area contributed by atoms with Gasteiger partial charge in [0, 0.05) is 32.5 Å². The summed E-state index contributed by atoms with van der Waals surface area (Å²) < 4.78 is 114. The second-order valence-corrected chi connectivity index (χ2v) is 16.8. The van der Waals surface area contributed by atoms with Crippen LogP contribution in [0, 0.1) is 16.4 Å². The molecule has 0 spiro atoms. The first-order valence-corrected chi connectivity index (χ1v) is 19.3. The largest absolute Gasteiger partial charge is 0.426 e. The Kier molecular flexibility index (Phi) is 13.9. The zero-order valence-corrected chi connectivity index (χ0v) is 32.3. The topological polar surface area (TPSA) is 121 Å². The average molecular weight is 886 g/mol. The van der Waals surface area contributed by atoms with E-state index in [2.05, 4.69) is 16.0 Å². The number of rotatable bonds is 9. The van der Waals surface area contributed by atoms with Crippen LogP contribution < -0.4 is 16.0 Å². The number of halogens is 8. The SMILES string of the molecule is Cc1cc(C(C)(F)C(F)(F)F)ccc1NC(=O)c1cccc(I)c1C(=O)NC(C)(C)CS(C)(=O)=O.O=C(c1ccc(C(F)(F)F)cc1)C1CCNCC1. The molecule has 290 valence electrons. The number of nitrogens with one attached hydrogen (secondary N) is 3. The summed E-state index contributed by atoms with van der Waals surface area (Å²) in [6.45, 7) is 6.48. The Morgan fingerprint density at radius 1 is 0.849 bits per heavy atom. The highest BCUT2D eigenvalue weighted by atomic mass is 127. The molecule has 0 aliphatic carbocycles. The maximum Gasteiger partial charge on any atom is 0.426 e. The van der Waals surface area contributed by atoms with Crippen LogP contribution in [0.15, 0.2) is 60.7 Å². The van der Waals surface area contributed by atoms with Crippen LogP contribution in [0.1, 0.15) is 81.4 Å². The van der Waals surface area contributed by atoms with Crippen LogP contribution in [0.5, 0.6) is 0 Å². The zero-order valence-electron chi connectivity index (χ0n) is 29.4. The number of hydrogen-bond donors (Lipinski definition) is 3. The normalized spacial score (nSPS) is 15.4. The van der Waals surface area contributed by atoms with Gasteiger partial charge in [0.2, 0.25) is 5.67 Å². The van der Waals surface area contributed by atoms with E-state index in [4.69, 9.17) is 0 Å². The van der Waals surface area contributed by atoms with Crippen LogP contribution in [0.3, 0.4) is 0 Å². The maximum absolute atomic E-state index is 14.3. The number of carbonyl (C=O) groups excluding carboxylic acids is 3. The van der Waals surface area contributed by atoms with Crippen LogP contribution in [0.25, 0.3) is 0 Å². The van der Waals surface area contributed by atoms with Crippen LogP contribution in [-0.4, -0.2) is 62.8 Å². The van der Waals surface area contributed by atoms with Crippen LogP contribution in [0.4, 0.5) is 36.4 Å². The van der Waals surface area contributed by atoms with E-state index in [9.17, 15) is 53.5 Å². The number of Topliss-reactive ketones (excluding diaryl/α,β-unsaturated/α-hetero) is 1. The molecule has 3 N–H and O–H groups in total. The van der Waals surface area contributed by atoms with Crippen molar-refractivity contribution in [3.63, 3.8) is 0 Å². The molecule has 1 aliphatic rings. The molecule has 3 aromatic rings. The van der Waals surface area contributed by atoms with Gasteiger partial charge < -0.3 is 16.0 Å². The van der Waals surface area contributed by atoms with Crippen molar-refractivity contribution in [2.45, 2.75) is 64.1 Å². The fourth-order valence-electron chi connectivity index (χ4n) is 5.60. The number of hydrogen-bond acceptors (Lipinski definition) is 6. The van der Waals surface area contributed by atoms with E-state index in [1.54, 1.807) is 12.1 Å². The van der Waals surface area contributed by atoms with Crippen molar-refractivity contribution in [3.05, 3.63) is 97.6 Å². The molecule has 0 aromatic heterocycles. The molecule has 1 saturated heterocycles. The van der Waals surface area contributed by atoms with E-state index >= 15 is 0 Å². The quantitative estimate of drug-likeness (QED) is 0.114. The fourth-order valence-corrected chi connectivity index (χ4v) is 7.72. The monoisotopic (exact) mass is 885 g/mol. The van der Waals surface area contributed by atoms with Crippen molar-refractivity contribution in [2.24, 2.45) is 5.92 Å². The Labute approximate surface area is 316 Å². The predicted octanol–water partition coefficient (Wildman–Crippen LogP) is 8.04. The summed E-state index contributed by atoms with van der Waals surface area (Å²) in [6.07, 6.45) is -6.92. The molecule has 1 aliphatic heterocycles. The molecule has 0 saturated carbocycles. The Morgan fingerprint density at radius 2 is 1.42 bits per heavy atom. The van der Waals surface area contributed by atoms with Crippen LogP contribution >= 0.6 is 22.6 Å². The summed E-state index contributed by atoms with van der Waals surface area (Å²) in [5.41, 5.74) is -5.34. The highest BCUT2D eigenvalue weighted by Crippen LogP contribution is 2.43. The molecule has 17 heteroatoms. The lowest BCUT2D eigenvalue weighted by atomic mass is 9.89. The number of anilines is 1. The Bertz CT molecular complexity index is 1920. The highest BCUT2D eigenvalue weighted by molar-refractivity contribution is 14.1. The van der Waals surface area contributed by atoms with Gasteiger partial charge in [-0.25, -0.2) is 12.8 Å². The molecule has 0 bridgehead atoms. The van der Waals surface area contributed by atoms with E-state index in [1.807, 2.05) is 22.6 Å². The lowest BCUT2D eigenvalue weighted by Crippen LogP contribution is -2.48. The van der Waals surface area contributed by atoms with Gasteiger partial charge in [-0.1, -0.05) is 30.3 Å². The Morgan fingerprint density at radius 3 is 1.92 bits per heavy atom. The zero-order chi connectivity index (χ0) is 40.2. The molecule has 1 heterocycles.